The van der Waals surface area contributed by atoms with Crippen LogP contribution in [0.4, 0.5) is 11.4 Å². The maximum atomic E-state index is 12.6. The standard InChI is InChI=1S/C29H30ClN3O3S/c1-4-33(5-2)24-14-12-23(13-15-24)31-29-32-28(34)27(37-29)18-21-9-16-25(26(17-21)35-6-3)36-19-20-7-10-22(30)11-8-20/h7-18H,4-6,19H2,1-3H3,(H,31,32,34). The first-order chi connectivity index (χ1) is 18.0. The Morgan fingerprint density at radius 3 is 2.35 bits per heavy atom. The molecule has 1 N–H and O–H groups in total. The molecule has 37 heavy (non-hydrogen) atoms. The number of carbonyl (C=O) groups is 1. The molecule has 0 atom stereocenters. The molecule has 6 nitrogen and oxygen atoms in total. The topological polar surface area (TPSA) is 63.2 Å². The summed E-state index contributed by atoms with van der Waals surface area (Å²) in [6, 6.07) is 21.2. The fourth-order valence-corrected chi connectivity index (χ4v) is 4.79. The van der Waals surface area contributed by atoms with Gasteiger partial charge in [-0.2, -0.15) is 0 Å². The zero-order valence-corrected chi connectivity index (χ0v) is 22.7. The van der Waals surface area contributed by atoms with Crippen molar-refractivity contribution < 1.29 is 14.3 Å². The second kappa shape index (κ2) is 12.7. The van der Waals surface area contributed by atoms with Crippen molar-refractivity contribution >= 4 is 51.9 Å². The van der Waals surface area contributed by atoms with Crippen LogP contribution in [-0.2, 0) is 11.4 Å². The number of nitrogens with zero attached hydrogens (tertiary/aromatic N) is 2. The summed E-state index contributed by atoms with van der Waals surface area (Å²) in [5, 5.41) is 4.10. The molecule has 3 aromatic rings. The molecule has 1 aliphatic rings. The number of nitrogens with one attached hydrogen (secondary N) is 1. The summed E-state index contributed by atoms with van der Waals surface area (Å²) >= 11 is 7.28. The summed E-state index contributed by atoms with van der Waals surface area (Å²) in [5.74, 6) is 1.08. The van der Waals surface area contributed by atoms with E-state index in [9.17, 15) is 4.79 Å². The summed E-state index contributed by atoms with van der Waals surface area (Å²) in [6.45, 7) is 8.98. The molecule has 4 rings (SSSR count). The van der Waals surface area contributed by atoms with Crippen LogP contribution in [0.1, 0.15) is 31.9 Å². The molecular formula is C29H30ClN3O3S. The summed E-state index contributed by atoms with van der Waals surface area (Å²) in [5.41, 5.74) is 3.79. The Morgan fingerprint density at radius 2 is 1.68 bits per heavy atom. The van der Waals surface area contributed by atoms with E-state index in [0.29, 0.717) is 39.8 Å². The molecule has 0 unspecified atom stereocenters. The fraction of sp³-hybridized carbons (Fsp3) is 0.241. The maximum Gasteiger partial charge on any atom is 0.264 e. The minimum Gasteiger partial charge on any atom is -0.490 e. The highest BCUT2D eigenvalue weighted by Gasteiger charge is 2.24. The van der Waals surface area contributed by atoms with E-state index in [0.717, 1.165) is 35.6 Å². The van der Waals surface area contributed by atoms with Crippen molar-refractivity contribution in [2.45, 2.75) is 27.4 Å². The smallest absolute Gasteiger partial charge is 0.264 e. The van der Waals surface area contributed by atoms with Crippen molar-refractivity contribution in [1.29, 1.82) is 0 Å². The number of amidine groups is 1. The van der Waals surface area contributed by atoms with Crippen molar-refractivity contribution in [3.8, 4) is 11.5 Å². The minimum absolute atomic E-state index is 0.176. The number of ether oxygens (including phenoxy) is 2. The molecule has 0 radical (unpaired) electrons. The number of carbonyl (C=O) groups excluding carboxylic acids is 1. The first kappa shape index (κ1) is 26.6. The van der Waals surface area contributed by atoms with E-state index in [2.05, 4.69) is 41.2 Å². The summed E-state index contributed by atoms with van der Waals surface area (Å²) in [6.07, 6.45) is 1.83. The molecule has 192 valence electrons. The second-order valence-corrected chi connectivity index (χ2v) is 9.69. The van der Waals surface area contributed by atoms with Gasteiger partial charge < -0.3 is 19.7 Å². The second-order valence-electron chi connectivity index (χ2n) is 8.22. The molecule has 1 saturated heterocycles. The lowest BCUT2D eigenvalue weighted by molar-refractivity contribution is -0.115. The molecule has 1 heterocycles. The third kappa shape index (κ3) is 7.08. The van der Waals surface area contributed by atoms with Gasteiger partial charge in [0.2, 0.25) is 0 Å². The first-order valence-corrected chi connectivity index (χ1v) is 13.5. The summed E-state index contributed by atoms with van der Waals surface area (Å²) in [4.78, 5) is 20.1. The van der Waals surface area contributed by atoms with Crippen molar-refractivity contribution in [2.75, 3.05) is 24.6 Å². The van der Waals surface area contributed by atoms with E-state index >= 15 is 0 Å². The molecule has 8 heteroatoms. The third-order valence-corrected chi connectivity index (χ3v) is 6.89. The van der Waals surface area contributed by atoms with Crippen LogP contribution < -0.4 is 19.7 Å². The first-order valence-electron chi connectivity index (χ1n) is 12.3. The summed E-state index contributed by atoms with van der Waals surface area (Å²) < 4.78 is 11.8. The predicted molar refractivity (Wildman–Crippen MR) is 154 cm³/mol. The number of anilines is 1. The molecule has 1 amide bonds. The number of benzene rings is 3. The molecule has 3 aromatic carbocycles. The van der Waals surface area contributed by atoms with Gasteiger partial charge in [0.15, 0.2) is 16.7 Å². The SMILES string of the molecule is CCOc1cc(C=C2SC(=Nc3ccc(N(CC)CC)cc3)NC2=O)ccc1OCc1ccc(Cl)cc1. The van der Waals surface area contributed by atoms with Crippen LogP contribution in [0, 0.1) is 0 Å². The zero-order chi connectivity index (χ0) is 26.2. The molecule has 0 bridgehead atoms. The van der Waals surface area contributed by atoms with Gasteiger partial charge in [0, 0.05) is 23.8 Å². The summed E-state index contributed by atoms with van der Waals surface area (Å²) in [7, 11) is 0. The lowest BCUT2D eigenvalue weighted by atomic mass is 10.2. The monoisotopic (exact) mass is 535 g/mol. The Morgan fingerprint density at radius 1 is 0.946 bits per heavy atom. The average molecular weight is 536 g/mol. The van der Waals surface area contributed by atoms with Gasteiger partial charge in [0.05, 0.1) is 17.2 Å². The Kier molecular flexibility index (Phi) is 9.14. The van der Waals surface area contributed by atoms with Crippen LogP contribution in [0.2, 0.25) is 5.02 Å². The Hall–Kier alpha value is -3.42. The van der Waals surface area contributed by atoms with Crippen molar-refractivity contribution in [1.82, 2.24) is 5.32 Å². The average Bonchev–Trinajstić information content (AvgIpc) is 3.24. The lowest BCUT2D eigenvalue weighted by Gasteiger charge is -2.20. The van der Waals surface area contributed by atoms with Crippen LogP contribution in [0.25, 0.3) is 6.08 Å². The van der Waals surface area contributed by atoms with E-state index in [1.54, 1.807) is 0 Å². The highest BCUT2D eigenvalue weighted by atomic mass is 35.5. The highest BCUT2D eigenvalue weighted by Crippen LogP contribution is 2.33. The van der Waals surface area contributed by atoms with Gasteiger partial charge in [-0.25, -0.2) is 4.99 Å². The quantitative estimate of drug-likeness (QED) is 0.282. The van der Waals surface area contributed by atoms with Gasteiger partial charge in [-0.3, -0.25) is 4.79 Å². The van der Waals surface area contributed by atoms with E-state index in [-0.39, 0.29) is 5.91 Å². The van der Waals surface area contributed by atoms with E-state index in [1.165, 1.54) is 11.8 Å². The van der Waals surface area contributed by atoms with Gasteiger partial charge in [-0.15, -0.1) is 0 Å². The zero-order valence-electron chi connectivity index (χ0n) is 21.2. The number of thioether (sulfide) groups is 1. The van der Waals surface area contributed by atoms with Gasteiger partial charge in [0.25, 0.3) is 5.91 Å². The van der Waals surface area contributed by atoms with E-state index in [4.69, 9.17) is 21.1 Å². The number of hydrogen-bond acceptors (Lipinski definition) is 6. The molecule has 1 aliphatic heterocycles. The minimum atomic E-state index is -0.176. The third-order valence-electron chi connectivity index (χ3n) is 5.73. The lowest BCUT2D eigenvalue weighted by Crippen LogP contribution is -2.21. The van der Waals surface area contributed by atoms with E-state index < -0.39 is 0 Å². The normalized spacial score (nSPS) is 15.2. The molecule has 1 fully saturated rings. The fourth-order valence-electron chi connectivity index (χ4n) is 3.82. The van der Waals surface area contributed by atoms with Crippen molar-refractivity contribution in [3.05, 3.63) is 87.8 Å². The Bertz CT molecular complexity index is 1290. The molecule has 0 aliphatic carbocycles. The van der Waals surface area contributed by atoms with Gasteiger partial charge in [-0.1, -0.05) is 29.8 Å². The number of rotatable bonds is 10. The van der Waals surface area contributed by atoms with Crippen LogP contribution in [-0.4, -0.2) is 30.8 Å². The number of hydrogen-bond donors (Lipinski definition) is 1. The maximum absolute atomic E-state index is 12.6. The molecule has 0 spiro atoms. The van der Waals surface area contributed by atoms with Crippen LogP contribution in [0.3, 0.4) is 0 Å². The molecular weight excluding hydrogens is 506 g/mol. The number of aliphatic imine (C=N–C) groups is 1. The Balaban J connectivity index is 1.46. The van der Waals surface area contributed by atoms with Crippen LogP contribution >= 0.6 is 23.4 Å². The van der Waals surface area contributed by atoms with Gasteiger partial charge >= 0.3 is 0 Å². The number of amides is 1. The van der Waals surface area contributed by atoms with Gasteiger partial charge in [0.1, 0.15) is 6.61 Å². The predicted octanol–water partition coefficient (Wildman–Crippen LogP) is 7.06. The van der Waals surface area contributed by atoms with Crippen LogP contribution in [0.15, 0.2) is 76.6 Å². The van der Waals surface area contributed by atoms with Crippen molar-refractivity contribution in [2.24, 2.45) is 4.99 Å². The largest absolute Gasteiger partial charge is 0.490 e. The highest BCUT2D eigenvalue weighted by molar-refractivity contribution is 8.18. The molecule has 0 aromatic heterocycles. The van der Waals surface area contributed by atoms with Crippen LogP contribution in [0.5, 0.6) is 11.5 Å². The number of halogens is 1. The molecule has 0 saturated carbocycles. The van der Waals surface area contributed by atoms with Crippen molar-refractivity contribution in [3.63, 3.8) is 0 Å². The Labute approximate surface area is 227 Å². The van der Waals surface area contributed by atoms with Gasteiger partial charge in [-0.05, 0) is 98.3 Å². The van der Waals surface area contributed by atoms with E-state index in [1.807, 2.05) is 67.6 Å².